The number of carboxylic acids is 1. The van der Waals surface area contributed by atoms with Crippen LogP contribution >= 0.6 is 0 Å². The lowest BCUT2D eigenvalue weighted by Crippen LogP contribution is -2.61. The molecule has 1 fully saturated rings. The van der Waals surface area contributed by atoms with Crippen molar-refractivity contribution in [2.45, 2.75) is 289 Å². The summed E-state index contributed by atoms with van der Waals surface area (Å²) in [5.74, 6) is -3.18. The molecule has 12 nitrogen and oxygen atoms in total. The number of carbonyl (C=O) groups is 4. The van der Waals surface area contributed by atoms with Gasteiger partial charge in [-0.1, -0.05) is 208 Å². The van der Waals surface area contributed by atoms with Crippen molar-refractivity contribution in [1.82, 2.24) is 0 Å². The smallest absolute Gasteiger partial charge is 0.335 e. The van der Waals surface area contributed by atoms with Crippen LogP contribution in [0.4, 0.5) is 0 Å². The molecule has 3 N–H and O–H groups in total. The molecule has 0 aromatic heterocycles. The molecule has 12 heteroatoms. The molecule has 0 bridgehead atoms. The van der Waals surface area contributed by atoms with Crippen molar-refractivity contribution in [3.8, 4) is 0 Å². The van der Waals surface area contributed by atoms with E-state index in [9.17, 15) is 34.5 Å². The molecule has 0 spiro atoms. The number of hydrogen-bond acceptors (Lipinski definition) is 11. The van der Waals surface area contributed by atoms with Gasteiger partial charge in [-0.15, -0.1) is 0 Å². The fourth-order valence-corrected chi connectivity index (χ4v) is 8.83. The minimum atomic E-state index is -1.92. The van der Waals surface area contributed by atoms with Crippen molar-refractivity contribution in [3.63, 3.8) is 0 Å². The number of carboxylic acid groups (broad SMARTS) is 1. The average Bonchev–Trinajstić information content (AvgIpc) is 3.44. The van der Waals surface area contributed by atoms with Gasteiger partial charge in [0.15, 0.2) is 24.6 Å². The molecule has 6 unspecified atom stereocenters. The topological polar surface area (TPSA) is 175 Å². The first-order chi connectivity index (χ1) is 38.6. The third-order valence-corrected chi connectivity index (χ3v) is 13.6. The molecule has 0 radical (unpaired) electrons. The summed E-state index contributed by atoms with van der Waals surface area (Å²) >= 11 is 0. The SMILES string of the molecule is CC/C=C\C/C=C\C/C=C\CCCCCCCC(=O)OC1C(OCC(COC(=O)CCCCCCCC/C=C\C/C=C\C/C=C\CCCCC)OC(=O)CCCCCCC/C=C\C/C=C\CCCCC)OC(C(=O)O)C(O)C1O. The van der Waals surface area contributed by atoms with Crippen LogP contribution in [-0.2, 0) is 42.9 Å². The Kier molecular flexibility index (Phi) is 49.9. The normalized spacial score (nSPS) is 18.5. The van der Waals surface area contributed by atoms with Gasteiger partial charge in [0, 0.05) is 19.3 Å². The maximum atomic E-state index is 13.2. The summed E-state index contributed by atoms with van der Waals surface area (Å²) in [5, 5.41) is 31.5. The fourth-order valence-electron chi connectivity index (χ4n) is 8.83. The minimum Gasteiger partial charge on any atom is -0.479 e. The van der Waals surface area contributed by atoms with Gasteiger partial charge >= 0.3 is 23.9 Å². The van der Waals surface area contributed by atoms with Gasteiger partial charge < -0.3 is 39.0 Å². The molecule has 1 aliphatic rings. The molecule has 450 valence electrons. The minimum absolute atomic E-state index is 0.0340. The largest absolute Gasteiger partial charge is 0.479 e. The van der Waals surface area contributed by atoms with Crippen LogP contribution in [0.3, 0.4) is 0 Å². The summed E-state index contributed by atoms with van der Waals surface area (Å²) < 4.78 is 28.4. The Bertz CT molecular complexity index is 1740. The maximum absolute atomic E-state index is 13.2. The highest BCUT2D eigenvalue weighted by molar-refractivity contribution is 5.74. The zero-order valence-electron chi connectivity index (χ0n) is 49.6. The van der Waals surface area contributed by atoms with Gasteiger partial charge in [-0.2, -0.15) is 0 Å². The van der Waals surface area contributed by atoms with Crippen molar-refractivity contribution in [2.24, 2.45) is 0 Å². The maximum Gasteiger partial charge on any atom is 0.335 e. The van der Waals surface area contributed by atoms with Crippen molar-refractivity contribution in [1.29, 1.82) is 0 Å². The summed E-state index contributed by atoms with van der Waals surface area (Å²) in [4.78, 5) is 51.2. The van der Waals surface area contributed by atoms with Gasteiger partial charge in [-0.25, -0.2) is 4.79 Å². The predicted molar refractivity (Wildman–Crippen MR) is 321 cm³/mol. The molecular formula is C67H110O12. The third-order valence-electron chi connectivity index (χ3n) is 13.6. The monoisotopic (exact) mass is 1110 g/mol. The highest BCUT2D eigenvalue weighted by atomic mass is 16.7. The van der Waals surface area contributed by atoms with Crippen molar-refractivity contribution >= 4 is 23.9 Å². The number of rotatable bonds is 52. The highest BCUT2D eigenvalue weighted by Gasteiger charge is 2.50. The van der Waals surface area contributed by atoms with E-state index in [1.54, 1.807) is 0 Å². The predicted octanol–water partition coefficient (Wildman–Crippen LogP) is 16.5. The second kappa shape index (κ2) is 54.2. The zero-order valence-corrected chi connectivity index (χ0v) is 49.6. The summed E-state index contributed by atoms with van der Waals surface area (Å²) in [6.07, 6.45) is 59.3. The second-order valence-electron chi connectivity index (χ2n) is 20.9. The lowest BCUT2D eigenvalue weighted by atomic mass is 9.98. The number of carbonyl (C=O) groups excluding carboxylic acids is 3. The number of aliphatic hydroxyl groups is 2. The van der Waals surface area contributed by atoms with E-state index in [0.29, 0.717) is 19.3 Å². The summed E-state index contributed by atoms with van der Waals surface area (Å²) in [5.41, 5.74) is 0. The van der Waals surface area contributed by atoms with Crippen LogP contribution in [0.1, 0.15) is 252 Å². The standard InChI is InChI=1S/C67H110O12/c1-4-7-10-13-16-19-22-25-28-29-30-31-34-35-38-41-44-47-50-53-59(68)75-56-58(77-60(69)54-51-48-45-42-39-36-32-26-23-20-17-14-11-8-5-2)57-76-67-65(63(72)62(71)64(79-67)66(73)74)78-61(70)55-52-49-46-43-40-37-33-27-24-21-18-15-12-9-6-3/h9,12,16-21,25-28,30-33,58,62-65,67,71-72H,4-8,10-11,13-15,22-24,29,34-57H2,1-3H3,(H,73,74)/b12-9-,19-16-,20-17-,21-18-,28-25-,31-30-,32-26-,33-27-. The zero-order chi connectivity index (χ0) is 57.5. The van der Waals surface area contributed by atoms with Crippen LogP contribution in [0.5, 0.6) is 0 Å². The van der Waals surface area contributed by atoms with Gasteiger partial charge in [0.25, 0.3) is 0 Å². The van der Waals surface area contributed by atoms with E-state index >= 15 is 0 Å². The summed E-state index contributed by atoms with van der Waals surface area (Å²) in [6.45, 7) is 5.80. The Balaban J connectivity index is 2.70. The first-order valence-corrected chi connectivity index (χ1v) is 31.2. The van der Waals surface area contributed by atoms with E-state index in [-0.39, 0.29) is 25.9 Å². The lowest BCUT2D eigenvalue weighted by Gasteiger charge is -2.40. The van der Waals surface area contributed by atoms with Crippen molar-refractivity contribution in [2.75, 3.05) is 13.2 Å². The molecule has 0 aromatic rings. The second-order valence-corrected chi connectivity index (χ2v) is 20.9. The number of unbranched alkanes of at least 4 members (excludes halogenated alkanes) is 22. The quantitative estimate of drug-likeness (QED) is 0.0228. The Hall–Kier alpha value is -4.36. The van der Waals surface area contributed by atoms with Crippen LogP contribution in [-0.4, -0.2) is 89.2 Å². The molecule has 6 atom stereocenters. The van der Waals surface area contributed by atoms with E-state index in [1.165, 1.54) is 44.9 Å². The summed E-state index contributed by atoms with van der Waals surface area (Å²) in [7, 11) is 0. The van der Waals surface area contributed by atoms with Crippen molar-refractivity contribution in [3.05, 3.63) is 97.2 Å². The van der Waals surface area contributed by atoms with Gasteiger partial charge in [0.1, 0.15) is 18.8 Å². The highest BCUT2D eigenvalue weighted by Crippen LogP contribution is 2.26. The molecule has 0 amide bonds. The molecule has 0 aromatic carbocycles. The average molecular weight is 1110 g/mol. The molecule has 1 aliphatic heterocycles. The van der Waals surface area contributed by atoms with Gasteiger partial charge in [0.05, 0.1) is 6.61 Å². The first kappa shape index (κ1) is 72.7. The van der Waals surface area contributed by atoms with Crippen LogP contribution in [0, 0.1) is 0 Å². The van der Waals surface area contributed by atoms with E-state index < -0.39 is 67.3 Å². The van der Waals surface area contributed by atoms with Gasteiger partial charge in [0.2, 0.25) is 0 Å². The number of ether oxygens (including phenoxy) is 5. The molecule has 1 saturated heterocycles. The van der Waals surface area contributed by atoms with E-state index in [4.69, 9.17) is 23.7 Å². The molecule has 0 aliphatic carbocycles. The number of esters is 3. The number of allylic oxidation sites excluding steroid dienone is 16. The van der Waals surface area contributed by atoms with Crippen LogP contribution in [0.15, 0.2) is 97.2 Å². The fraction of sp³-hybridized carbons (Fsp3) is 0.701. The van der Waals surface area contributed by atoms with Crippen LogP contribution < -0.4 is 0 Å². The van der Waals surface area contributed by atoms with Crippen molar-refractivity contribution < 1.29 is 58.2 Å². The molecule has 1 heterocycles. The van der Waals surface area contributed by atoms with Crippen LogP contribution in [0.2, 0.25) is 0 Å². The van der Waals surface area contributed by atoms with Gasteiger partial charge in [-0.3, -0.25) is 14.4 Å². The third kappa shape index (κ3) is 44.0. The molecular weight excluding hydrogens is 997 g/mol. The number of aliphatic hydroxyl groups excluding tert-OH is 2. The van der Waals surface area contributed by atoms with Crippen LogP contribution in [0.25, 0.3) is 0 Å². The summed E-state index contributed by atoms with van der Waals surface area (Å²) in [6, 6.07) is 0. The Morgan fingerprint density at radius 1 is 0.430 bits per heavy atom. The number of hydrogen-bond donors (Lipinski definition) is 3. The lowest BCUT2D eigenvalue weighted by molar-refractivity contribution is -0.301. The Morgan fingerprint density at radius 2 is 0.797 bits per heavy atom. The molecule has 0 saturated carbocycles. The first-order valence-electron chi connectivity index (χ1n) is 31.2. The van der Waals surface area contributed by atoms with E-state index in [0.717, 1.165) is 148 Å². The van der Waals surface area contributed by atoms with Gasteiger partial charge in [-0.05, 0) is 122 Å². The Morgan fingerprint density at radius 3 is 1.22 bits per heavy atom. The van der Waals surface area contributed by atoms with E-state index in [2.05, 4.69) is 118 Å². The van der Waals surface area contributed by atoms with E-state index in [1.807, 2.05) is 0 Å². The molecule has 79 heavy (non-hydrogen) atoms. The molecule has 1 rings (SSSR count). The Labute approximate surface area is 479 Å². The number of aliphatic carboxylic acids is 1.